The van der Waals surface area contributed by atoms with Crippen molar-refractivity contribution in [3.8, 4) is 17.1 Å². The number of hydrogen-bond donors (Lipinski definition) is 0. The maximum absolute atomic E-state index is 6.35. The monoisotopic (exact) mass is 486 g/mol. The highest BCUT2D eigenvalue weighted by atomic mass is 35.5. The van der Waals surface area contributed by atoms with Gasteiger partial charge < -0.3 is 17.1 Å². The minimum absolute atomic E-state index is 0. The average molecular weight is 488 g/mol. The Hall–Kier alpha value is -2.51. The third-order valence-electron chi connectivity index (χ3n) is 5.51. The Morgan fingerprint density at radius 3 is 2.38 bits per heavy atom. The van der Waals surface area contributed by atoms with Gasteiger partial charge in [0.2, 0.25) is 10.6 Å². The van der Waals surface area contributed by atoms with Crippen molar-refractivity contribution >= 4 is 45.4 Å². The van der Waals surface area contributed by atoms with Gasteiger partial charge in [0, 0.05) is 10.9 Å². The molecule has 2 aromatic carbocycles. The molecule has 0 bridgehead atoms. The van der Waals surface area contributed by atoms with E-state index in [4.69, 9.17) is 32.9 Å². The number of aromatic nitrogens is 3. The number of fused-ring (bicyclic) bond motifs is 4. The second-order valence-corrected chi connectivity index (χ2v) is 7.89. The molecule has 32 heavy (non-hydrogen) atoms. The van der Waals surface area contributed by atoms with Crippen LogP contribution in [0.4, 0.5) is 5.69 Å². The Morgan fingerprint density at radius 1 is 1.00 bits per heavy atom. The fourth-order valence-corrected chi connectivity index (χ4v) is 4.38. The van der Waals surface area contributed by atoms with E-state index < -0.39 is 0 Å². The lowest BCUT2D eigenvalue weighted by Crippen LogP contribution is -3.00. The van der Waals surface area contributed by atoms with Crippen molar-refractivity contribution in [1.82, 2.24) is 19.9 Å². The van der Waals surface area contributed by atoms with Crippen molar-refractivity contribution in [3.63, 3.8) is 0 Å². The molecule has 3 aromatic rings. The van der Waals surface area contributed by atoms with Gasteiger partial charge in [0.1, 0.15) is 11.4 Å². The molecular formula is C23H19Cl3N5O-. The topological polar surface area (TPSA) is 63.5 Å². The van der Waals surface area contributed by atoms with Gasteiger partial charge in [-0.1, -0.05) is 44.2 Å². The molecule has 9 heteroatoms. The Labute approximate surface area is 202 Å². The number of halogens is 3. The van der Waals surface area contributed by atoms with Crippen molar-refractivity contribution in [2.75, 3.05) is 13.1 Å². The van der Waals surface area contributed by atoms with Crippen LogP contribution in [0, 0.1) is 0 Å². The lowest BCUT2D eigenvalue weighted by Gasteiger charge is -2.29. The summed E-state index contributed by atoms with van der Waals surface area (Å²) in [6.07, 6.45) is 6.31. The van der Waals surface area contributed by atoms with E-state index in [-0.39, 0.29) is 29.0 Å². The number of nitrogens with zero attached hydrogens (tertiary/aromatic N) is 5. The van der Waals surface area contributed by atoms with E-state index in [1.165, 1.54) is 0 Å². The fourth-order valence-electron chi connectivity index (χ4n) is 4.02. The van der Waals surface area contributed by atoms with Crippen LogP contribution < -0.4 is 17.1 Å². The highest BCUT2D eigenvalue weighted by Crippen LogP contribution is 2.45. The van der Waals surface area contributed by atoms with E-state index in [1.807, 2.05) is 36.4 Å². The van der Waals surface area contributed by atoms with E-state index >= 15 is 0 Å². The summed E-state index contributed by atoms with van der Waals surface area (Å²) in [5.74, 6) is 1.78. The Bertz CT molecular complexity index is 1260. The van der Waals surface area contributed by atoms with E-state index in [0.29, 0.717) is 11.6 Å². The molecule has 0 fully saturated rings. The molecule has 1 atom stereocenters. The summed E-state index contributed by atoms with van der Waals surface area (Å²) in [6, 6.07) is 10.0. The summed E-state index contributed by atoms with van der Waals surface area (Å²) in [4.78, 5) is 19.7. The number of hydrogen-bond acceptors (Lipinski definition) is 6. The molecule has 1 aliphatic carbocycles. The largest absolute Gasteiger partial charge is 1.00 e. The van der Waals surface area contributed by atoms with Gasteiger partial charge in [-0.15, -0.1) is 0 Å². The molecule has 1 unspecified atom stereocenters. The first-order valence-corrected chi connectivity index (χ1v) is 10.9. The molecule has 0 saturated carbocycles. The Kier molecular flexibility index (Phi) is 6.49. The second-order valence-electron chi connectivity index (χ2n) is 7.21. The van der Waals surface area contributed by atoms with E-state index in [9.17, 15) is 0 Å². The van der Waals surface area contributed by atoms with Crippen molar-refractivity contribution in [2.45, 2.75) is 19.9 Å². The number of allylic oxidation sites excluding steroid dienone is 1. The minimum atomic E-state index is 0. The van der Waals surface area contributed by atoms with Crippen LogP contribution in [0.15, 0.2) is 59.3 Å². The summed E-state index contributed by atoms with van der Waals surface area (Å²) in [6.45, 7) is 6.21. The molecule has 0 spiro atoms. The van der Waals surface area contributed by atoms with Gasteiger partial charge in [-0.2, -0.15) is 15.0 Å². The molecule has 2 aliphatic rings. The van der Waals surface area contributed by atoms with E-state index in [2.05, 4.69) is 45.9 Å². The van der Waals surface area contributed by atoms with Gasteiger partial charge in [0.25, 0.3) is 0 Å². The van der Waals surface area contributed by atoms with Crippen LogP contribution >= 0.6 is 23.2 Å². The molecule has 0 amide bonds. The zero-order chi connectivity index (χ0) is 21.5. The van der Waals surface area contributed by atoms with Gasteiger partial charge in [-0.25, -0.2) is 4.99 Å². The first kappa shape index (κ1) is 22.7. The summed E-state index contributed by atoms with van der Waals surface area (Å²) in [5.41, 5.74) is 2.36. The highest BCUT2D eigenvalue weighted by Gasteiger charge is 2.26. The summed E-state index contributed by atoms with van der Waals surface area (Å²) >= 11 is 12.1. The van der Waals surface area contributed by atoms with Crippen LogP contribution in [0.3, 0.4) is 0 Å². The lowest BCUT2D eigenvalue weighted by atomic mass is 9.99. The molecule has 6 nitrogen and oxygen atoms in total. The van der Waals surface area contributed by atoms with Crippen molar-refractivity contribution in [2.24, 2.45) is 4.99 Å². The summed E-state index contributed by atoms with van der Waals surface area (Å²) < 4.78 is 6.35. The summed E-state index contributed by atoms with van der Waals surface area (Å²) in [5, 5.41) is 1.95. The van der Waals surface area contributed by atoms with E-state index in [1.54, 1.807) is 0 Å². The average Bonchev–Trinajstić information content (AvgIpc) is 2.77. The van der Waals surface area contributed by atoms with Gasteiger partial charge in [-0.05, 0) is 59.9 Å². The predicted octanol–water partition coefficient (Wildman–Crippen LogP) is 2.63. The third-order valence-corrected chi connectivity index (χ3v) is 5.85. The molecule has 1 aliphatic heterocycles. The van der Waals surface area contributed by atoms with Crippen LogP contribution in [0.25, 0.3) is 22.2 Å². The maximum Gasteiger partial charge on any atom is 0.227 e. The number of aliphatic imine (C=N–C) groups is 1. The number of likely N-dealkylation sites (N-methyl/N-ethyl adjacent to an activating group) is 1. The van der Waals surface area contributed by atoms with Crippen LogP contribution in [0.2, 0.25) is 10.6 Å². The molecule has 5 rings (SSSR count). The molecule has 2 heterocycles. The molecule has 0 saturated heterocycles. The predicted molar refractivity (Wildman–Crippen MR) is 124 cm³/mol. The summed E-state index contributed by atoms with van der Waals surface area (Å²) in [7, 11) is 0. The minimum Gasteiger partial charge on any atom is -1.00 e. The van der Waals surface area contributed by atoms with Crippen LogP contribution in [-0.4, -0.2) is 44.7 Å². The quantitative estimate of drug-likeness (QED) is 0.566. The third kappa shape index (κ3) is 3.99. The van der Waals surface area contributed by atoms with Crippen LogP contribution in [0.5, 0.6) is 5.75 Å². The normalized spacial score (nSPS) is 16.6. The standard InChI is InChI=1S/C23H19Cl2N5O.ClH/c1-3-30(4-2)13-9-10-17-18(11-13)31-19-12-16(21-27-22(24)29-23(25)28-21)14-7-5-6-8-15(14)20(19)26-17;/h5-13H,3-4H2,1-2H3;1H/p-1. The van der Waals surface area contributed by atoms with Crippen molar-refractivity contribution < 1.29 is 17.1 Å². The van der Waals surface area contributed by atoms with Crippen LogP contribution in [-0.2, 0) is 0 Å². The first-order valence-electron chi connectivity index (χ1n) is 10.1. The molecule has 1 aromatic heterocycles. The van der Waals surface area contributed by atoms with E-state index in [0.717, 1.165) is 46.6 Å². The Balaban J connectivity index is 0.00000245. The highest BCUT2D eigenvalue weighted by molar-refractivity contribution is 6.31. The first-order chi connectivity index (χ1) is 15.1. The molecule has 0 N–H and O–H groups in total. The lowest BCUT2D eigenvalue weighted by molar-refractivity contribution is -0.00000674. The SMILES string of the molecule is CCN(CC)C1C=CC2=Nc3c(cc(-c4nc(Cl)nc(Cl)n4)c4ccccc34)OC2=C1.[Cl-]. The molecular weight excluding hydrogens is 469 g/mol. The zero-order valence-corrected chi connectivity index (χ0v) is 19.7. The number of ether oxygens (including phenoxy) is 1. The van der Waals surface area contributed by atoms with Gasteiger partial charge >= 0.3 is 0 Å². The fraction of sp³-hybridized carbons (Fsp3) is 0.217. The maximum atomic E-state index is 6.35. The van der Waals surface area contributed by atoms with Gasteiger partial charge in [0.05, 0.1) is 6.04 Å². The molecule has 0 radical (unpaired) electrons. The van der Waals surface area contributed by atoms with Crippen molar-refractivity contribution in [3.05, 3.63) is 64.9 Å². The molecule has 164 valence electrons. The zero-order valence-electron chi connectivity index (χ0n) is 17.4. The van der Waals surface area contributed by atoms with Crippen LogP contribution in [0.1, 0.15) is 13.8 Å². The van der Waals surface area contributed by atoms with Crippen molar-refractivity contribution in [1.29, 1.82) is 0 Å². The number of rotatable bonds is 4. The van der Waals surface area contributed by atoms with Gasteiger partial charge in [0.15, 0.2) is 17.3 Å². The van der Waals surface area contributed by atoms with Gasteiger partial charge in [-0.3, -0.25) is 4.90 Å². The number of benzene rings is 2. The smallest absolute Gasteiger partial charge is 0.227 e. The Morgan fingerprint density at radius 2 is 1.69 bits per heavy atom. The second kappa shape index (κ2) is 9.16.